The average Bonchev–Trinajstić information content (AvgIpc) is 3.60. The van der Waals surface area contributed by atoms with Gasteiger partial charge in [-0.05, 0) is 73.9 Å². The number of aromatic nitrogens is 3. The molecule has 0 radical (unpaired) electrons. The van der Waals surface area contributed by atoms with Crippen LogP contribution in [-0.4, -0.2) is 45.8 Å². The molecule has 1 aliphatic rings. The van der Waals surface area contributed by atoms with E-state index in [0.717, 1.165) is 0 Å². The second-order valence-corrected chi connectivity index (χ2v) is 10.8. The molecule has 9 nitrogen and oxygen atoms in total. The fraction of sp³-hybridized carbons (Fsp3) is 0.250. The number of rotatable bonds is 6. The molecule has 0 bridgehead atoms. The van der Waals surface area contributed by atoms with Crippen LogP contribution >= 0.6 is 0 Å². The number of fused-ring (bicyclic) bond motifs is 2. The number of carboxylic acid groups (broad SMARTS) is 1. The second kappa shape index (κ2) is 10.9. The Labute approximate surface area is 250 Å². The number of aromatic carboxylic acids is 1. The summed E-state index contributed by atoms with van der Waals surface area (Å²) in [6.45, 7) is 1.73. The summed E-state index contributed by atoms with van der Waals surface area (Å²) in [4.78, 5) is 32.5. The van der Waals surface area contributed by atoms with Gasteiger partial charge in [-0.2, -0.15) is 18.3 Å². The van der Waals surface area contributed by atoms with Crippen LogP contribution in [0.25, 0.3) is 16.8 Å². The molecule has 1 amide bonds. The first-order valence-electron chi connectivity index (χ1n) is 13.9. The number of hydrogen-bond acceptors (Lipinski definition) is 6. The summed E-state index contributed by atoms with van der Waals surface area (Å²) in [5.41, 5.74) is 2.66. The predicted octanol–water partition coefficient (Wildman–Crippen LogP) is 6.83. The van der Waals surface area contributed by atoms with Crippen molar-refractivity contribution in [3.8, 4) is 5.69 Å². The molecule has 3 aromatic carbocycles. The van der Waals surface area contributed by atoms with Crippen LogP contribution in [0.2, 0.25) is 0 Å². The standard InChI is InChI=1S/C32H28F3N5O4/c1-18-36-25-15-14-22(17-27(25)44-18)39(3)30(41)20-6-4-7-23(16-20)40-28-24(29(37-40)32(33,34)35)8-5-9-26(28)38(2)21-12-10-19(11-13-21)31(42)43/h4,6-7,10-17,26H,5,8-9H2,1-3H3,(H,42,43). The van der Waals surface area contributed by atoms with E-state index in [1.165, 1.54) is 27.8 Å². The number of anilines is 2. The number of amides is 1. The summed E-state index contributed by atoms with van der Waals surface area (Å²) in [5, 5.41) is 13.4. The molecule has 0 aliphatic heterocycles. The molecule has 1 N–H and O–H groups in total. The lowest BCUT2D eigenvalue weighted by atomic mass is 9.90. The van der Waals surface area contributed by atoms with Gasteiger partial charge in [-0.15, -0.1) is 0 Å². The van der Waals surface area contributed by atoms with E-state index in [1.807, 2.05) is 4.90 Å². The van der Waals surface area contributed by atoms with Crippen LogP contribution in [0.15, 0.2) is 71.1 Å². The van der Waals surface area contributed by atoms with Gasteiger partial charge in [0.15, 0.2) is 17.2 Å². The Hall–Kier alpha value is -5.13. The highest BCUT2D eigenvalue weighted by Crippen LogP contribution is 2.43. The Morgan fingerprint density at radius 1 is 1.00 bits per heavy atom. The third kappa shape index (κ3) is 5.16. The fourth-order valence-corrected chi connectivity index (χ4v) is 5.80. The van der Waals surface area contributed by atoms with Crippen LogP contribution in [-0.2, 0) is 12.6 Å². The maximum Gasteiger partial charge on any atom is 0.435 e. The summed E-state index contributed by atoms with van der Waals surface area (Å²) in [5.74, 6) is -0.937. The second-order valence-electron chi connectivity index (χ2n) is 10.8. The van der Waals surface area contributed by atoms with Gasteiger partial charge in [0, 0.05) is 49.6 Å². The largest absolute Gasteiger partial charge is 0.478 e. The van der Waals surface area contributed by atoms with Gasteiger partial charge >= 0.3 is 12.1 Å². The number of nitrogens with zero attached hydrogens (tertiary/aromatic N) is 5. The summed E-state index contributed by atoms with van der Waals surface area (Å²) in [7, 11) is 3.37. The molecular formula is C32H28F3N5O4. The minimum atomic E-state index is -4.68. The number of benzene rings is 3. The number of aryl methyl sites for hydroxylation is 1. The maximum absolute atomic E-state index is 14.3. The Bertz CT molecular complexity index is 1890. The van der Waals surface area contributed by atoms with E-state index in [1.54, 1.807) is 69.6 Å². The predicted molar refractivity (Wildman–Crippen MR) is 158 cm³/mol. The van der Waals surface area contributed by atoms with Gasteiger partial charge < -0.3 is 19.3 Å². The third-order valence-electron chi connectivity index (χ3n) is 8.01. The first-order chi connectivity index (χ1) is 20.9. The first-order valence-corrected chi connectivity index (χ1v) is 13.9. The van der Waals surface area contributed by atoms with Gasteiger partial charge in [-0.1, -0.05) is 6.07 Å². The van der Waals surface area contributed by atoms with Crippen molar-refractivity contribution in [3.05, 3.63) is 101 Å². The van der Waals surface area contributed by atoms with E-state index in [4.69, 9.17) is 4.42 Å². The molecule has 1 unspecified atom stereocenters. The van der Waals surface area contributed by atoms with Crippen molar-refractivity contribution in [2.24, 2.45) is 0 Å². The van der Waals surface area contributed by atoms with E-state index in [-0.39, 0.29) is 29.0 Å². The number of oxazole rings is 1. The maximum atomic E-state index is 14.3. The normalized spacial score (nSPS) is 14.8. The molecule has 1 aliphatic carbocycles. The average molecular weight is 604 g/mol. The number of hydrogen-bond donors (Lipinski definition) is 1. The lowest BCUT2D eigenvalue weighted by Crippen LogP contribution is -2.30. The van der Waals surface area contributed by atoms with Crippen molar-refractivity contribution in [3.63, 3.8) is 0 Å². The summed E-state index contributed by atoms with van der Waals surface area (Å²) in [6.07, 6.45) is -3.40. The minimum absolute atomic E-state index is 0.109. The number of carboxylic acids is 1. The van der Waals surface area contributed by atoms with Crippen LogP contribution in [0.4, 0.5) is 24.5 Å². The fourth-order valence-electron chi connectivity index (χ4n) is 5.80. The number of alkyl halides is 3. The lowest BCUT2D eigenvalue weighted by molar-refractivity contribution is -0.142. The highest BCUT2D eigenvalue weighted by atomic mass is 19.4. The van der Waals surface area contributed by atoms with Crippen molar-refractivity contribution < 1.29 is 32.3 Å². The van der Waals surface area contributed by atoms with Crippen LogP contribution in [0.3, 0.4) is 0 Å². The molecule has 0 fully saturated rings. The van der Waals surface area contributed by atoms with Gasteiger partial charge in [-0.25, -0.2) is 14.5 Å². The molecule has 5 aromatic rings. The van der Waals surface area contributed by atoms with E-state index < -0.39 is 23.9 Å². The lowest BCUT2D eigenvalue weighted by Gasteiger charge is -2.34. The highest BCUT2D eigenvalue weighted by Gasteiger charge is 2.42. The number of carbonyl (C=O) groups is 2. The van der Waals surface area contributed by atoms with Crippen molar-refractivity contribution in [1.29, 1.82) is 0 Å². The molecular weight excluding hydrogens is 575 g/mol. The summed E-state index contributed by atoms with van der Waals surface area (Å²) in [6, 6.07) is 17.3. The molecule has 0 saturated heterocycles. The molecule has 12 heteroatoms. The zero-order chi connectivity index (χ0) is 31.3. The molecule has 226 valence electrons. The molecule has 1 atom stereocenters. The SMILES string of the molecule is Cc1nc2ccc(N(C)C(=O)c3cccc(-n4nc(C(F)(F)F)c5c4C(N(C)c4ccc(C(=O)O)cc4)CCC5)c3)cc2o1. The van der Waals surface area contributed by atoms with Crippen LogP contribution in [0, 0.1) is 6.92 Å². The van der Waals surface area contributed by atoms with E-state index in [2.05, 4.69) is 10.1 Å². The van der Waals surface area contributed by atoms with E-state index in [9.17, 15) is 27.9 Å². The molecule has 2 heterocycles. The van der Waals surface area contributed by atoms with Crippen LogP contribution < -0.4 is 9.80 Å². The first kappa shape index (κ1) is 29.0. The minimum Gasteiger partial charge on any atom is -0.478 e. The van der Waals surface area contributed by atoms with Crippen LogP contribution in [0.1, 0.15) is 62.4 Å². The van der Waals surface area contributed by atoms with Crippen molar-refractivity contribution in [2.75, 3.05) is 23.9 Å². The van der Waals surface area contributed by atoms with Crippen molar-refractivity contribution in [2.45, 2.75) is 38.4 Å². The van der Waals surface area contributed by atoms with E-state index in [0.29, 0.717) is 52.6 Å². The van der Waals surface area contributed by atoms with Gasteiger partial charge in [-0.3, -0.25) is 4.79 Å². The number of carbonyl (C=O) groups excluding carboxylic acids is 1. The smallest absolute Gasteiger partial charge is 0.435 e. The summed E-state index contributed by atoms with van der Waals surface area (Å²) < 4.78 is 49.7. The molecule has 0 saturated carbocycles. The molecule has 2 aromatic heterocycles. The Morgan fingerprint density at radius 3 is 2.43 bits per heavy atom. The quantitative estimate of drug-likeness (QED) is 0.227. The molecule has 0 spiro atoms. The Balaban J connectivity index is 1.39. The van der Waals surface area contributed by atoms with Gasteiger partial charge in [0.25, 0.3) is 5.91 Å². The van der Waals surface area contributed by atoms with Gasteiger partial charge in [0.2, 0.25) is 0 Å². The monoisotopic (exact) mass is 603 g/mol. The zero-order valence-electron chi connectivity index (χ0n) is 24.1. The third-order valence-corrected chi connectivity index (χ3v) is 8.01. The van der Waals surface area contributed by atoms with Crippen molar-refractivity contribution >= 4 is 34.4 Å². The van der Waals surface area contributed by atoms with Crippen molar-refractivity contribution in [1.82, 2.24) is 14.8 Å². The van der Waals surface area contributed by atoms with Crippen LogP contribution in [0.5, 0.6) is 0 Å². The topological polar surface area (TPSA) is 105 Å². The van der Waals surface area contributed by atoms with Gasteiger partial charge in [0.1, 0.15) is 5.52 Å². The number of halogens is 3. The van der Waals surface area contributed by atoms with E-state index >= 15 is 0 Å². The molecule has 6 rings (SSSR count). The highest BCUT2D eigenvalue weighted by molar-refractivity contribution is 6.06. The summed E-state index contributed by atoms with van der Waals surface area (Å²) >= 11 is 0. The Morgan fingerprint density at radius 2 is 1.73 bits per heavy atom. The zero-order valence-corrected chi connectivity index (χ0v) is 24.1. The molecule has 44 heavy (non-hydrogen) atoms. The van der Waals surface area contributed by atoms with Gasteiger partial charge in [0.05, 0.1) is 23.0 Å². The Kier molecular flexibility index (Phi) is 7.14.